The summed E-state index contributed by atoms with van der Waals surface area (Å²) in [5.41, 5.74) is 1.97. The van der Waals surface area contributed by atoms with Crippen molar-refractivity contribution in [3.05, 3.63) is 70.2 Å². The third-order valence-corrected chi connectivity index (χ3v) is 4.68. The van der Waals surface area contributed by atoms with Gasteiger partial charge in [0.2, 0.25) is 4.80 Å². The normalized spacial score (nSPS) is 11.8. The van der Waals surface area contributed by atoms with Gasteiger partial charge < -0.3 is 0 Å². The molecular formula is C16H15N3S2. The molecule has 0 atom stereocenters. The second-order valence-electron chi connectivity index (χ2n) is 4.47. The molecule has 2 aromatic carbocycles. The van der Waals surface area contributed by atoms with E-state index in [0.29, 0.717) is 0 Å². The van der Waals surface area contributed by atoms with Gasteiger partial charge in [-0.2, -0.15) is 0 Å². The third kappa shape index (κ3) is 2.89. The molecule has 0 unspecified atom stereocenters. The van der Waals surface area contributed by atoms with Gasteiger partial charge in [-0.25, -0.2) is 4.99 Å². The minimum atomic E-state index is 0.781. The summed E-state index contributed by atoms with van der Waals surface area (Å²) in [7, 11) is 0. The maximum atomic E-state index is 5.59. The number of aromatic nitrogens is 2. The molecule has 0 saturated carbocycles. The zero-order chi connectivity index (χ0) is 14.7. The molecule has 0 saturated heterocycles. The first-order valence-corrected chi connectivity index (χ1v) is 7.96. The molecule has 0 radical (unpaired) electrons. The van der Waals surface area contributed by atoms with E-state index in [-0.39, 0.29) is 0 Å². The summed E-state index contributed by atoms with van der Waals surface area (Å²) >= 11 is 7.17. The predicted molar refractivity (Wildman–Crippen MR) is 89.8 cm³/mol. The second kappa shape index (κ2) is 6.20. The van der Waals surface area contributed by atoms with Crippen LogP contribution in [0.15, 0.2) is 65.7 Å². The lowest BCUT2D eigenvalue weighted by molar-refractivity contribution is 0.781. The van der Waals surface area contributed by atoms with E-state index >= 15 is 0 Å². The number of benzene rings is 2. The number of hydrogen-bond donors (Lipinski definition) is 0. The fraction of sp³-hybridized carbons (Fsp3) is 0.125. The van der Waals surface area contributed by atoms with Gasteiger partial charge in [0.25, 0.3) is 0 Å². The first-order chi connectivity index (χ1) is 10.3. The maximum Gasteiger partial charge on any atom is 0.213 e. The molecule has 0 amide bonds. The maximum absolute atomic E-state index is 5.59. The minimum Gasteiger partial charge on any atom is -0.271 e. The molecule has 0 aliphatic carbocycles. The Bertz CT molecular complexity index is 842. The lowest BCUT2D eigenvalue weighted by atomic mass is 10.3. The summed E-state index contributed by atoms with van der Waals surface area (Å²) in [4.78, 5) is 5.63. The number of aryl methyl sites for hydroxylation is 1. The standard InChI is InChI=1S/C16H15N3S2/c1-2-18-16(20)19(14-11-7-4-8-12-14)15(21-18)17-13-9-5-3-6-10-13/h3-12H,2H2,1H3. The number of rotatable bonds is 3. The molecule has 0 fully saturated rings. The summed E-state index contributed by atoms with van der Waals surface area (Å²) in [6, 6.07) is 20.1. The van der Waals surface area contributed by atoms with Gasteiger partial charge in [-0.3, -0.25) is 8.52 Å². The molecule has 1 heterocycles. The van der Waals surface area contributed by atoms with Crippen LogP contribution in [-0.2, 0) is 6.54 Å². The molecule has 3 aromatic rings. The fourth-order valence-corrected chi connectivity index (χ4v) is 3.45. The molecule has 0 spiro atoms. The van der Waals surface area contributed by atoms with Gasteiger partial charge in [0.05, 0.1) is 11.4 Å². The lowest BCUT2D eigenvalue weighted by Gasteiger charge is -2.02. The SMILES string of the molecule is CCn1sc(=Nc2ccccc2)n(-c2ccccc2)c1=S. The zero-order valence-electron chi connectivity index (χ0n) is 11.6. The van der Waals surface area contributed by atoms with Crippen molar-refractivity contribution in [2.75, 3.05) is 0 Å². The van der Waals surface area contributed by atoms with Crippen LogP contribution in [0.4, 0.5) is 5.69 Å². The van der Waals surface area contributed by atoms with Crippen molar-refractivity contribution in [3.8, 4) is 5.69 Å². The monoisotopic (exact) mass is 313 g/mol. The van der Waals surface area contributed by atoms with Crippen molar-refractivity contribution >= 4 is 29.4 Å². The van der Waals surface area contributed by atoms with Crippen molar-refractivity contribution in [2.45, 2.75) is 13.5 Å². The fourth-order valence-electron chi connectivity index (χ4n) is 2.05. The highest BCUT2D eigenvalue weighted by molar-refractivity contribution is 7.71. The summed E-state index contributed by atoms with van der Waals surface area (Å²) < 4.78 is 4.88. The average molecular weight is 313 g/mol. The van der Waals surface area contributed by atoms with Gasteiger partial charge in [0.1, 0.15) is 0 Å². The minimum absolute atomic E-state index is 0.781. The lowest BCUT2D eigenvalue weighted by Crippen LogP contribution is -2.12. The van der Waals surface area contributed by atoms with Gasteiger partial charge in [-0.1, -0.05) is 36.4 Å². The molecule has 3 nitrogen and oxygen atoms in total. The summed E-state index contributed by atoms with van der Waals surface area (Å²) in [6.45, 7) is 2.94. The zero-order valence-corrected chi connectivity index (χ0v) is 13.3. The molecule has 0 aliphatic rings. The largest absolute Gasteiger partial charge is 0.271 e. The summed E-state index contributed by atoms with van der Waals surface area (Å²) in [5, 5.41) is 0. The second-order valence-corrected chi connectivity index (χ2v) is 5.82. The van der Waals surface area contributed by atoms with E-state index in [4.69, 9.17) is 17.2 Å². The van der Waals surface area contributed by atoms with E-state index in [1.54, 1.807) is 11.5 Å². The van der Waals surface area contributed by atoms with Crippen LogP contribution >= 0.6 is 23.8 Å². The number of hydrogen-bond acceptors (Lipinski definition) is 3. The Hall–Kier alpha value is -1.98. The van der Waals surface area contributed by atoms with E-state index in [1.165, 1.54) is 0 Å². The highest BCUT2D eigenvalue weighted by Crippen LogP contribution is 2.12. The molecule has 1 aromatic heterocycles. The molecular weight excluding hydrogens is 298 g/mol. The Balaban J connectivity index is 2.26. The van der Waals surface area contributed by atoms with Gasteiger partial charge in [0, 0.05) is 6.54 Å². The van der Waals surface area contributed by atoms with E-state index < -0.39 is 0 Å². The summed E-state index contributed by atoms with van der Waals surface area (Å²) in [5.74, 6) is 0. The quantitative estimate of drug-likeness (QED) is 0.660. The van der Waals surface area contributed by atoms with Crippen LogP contribution in [-0.4, -0.2) is 8.52 Å². The van der Waals surface area contributed by atoms with E-state index in [0.717, 1.165) is 27.5 Å². The number of para-hydroxylation sites is 2. The predicted octanol–water partition coefficient (Wildman–Crippen LogP) is 4.32. The highest BCUT2D eigenvalue weighted by Gasteiger charge is 2.06. The molecule has 21 heavy (non-hydrogen) atoms. The molecule has 0 N–H and O–H groups in total. The smallest absolute Gasteiger partial charge is 0.213 e. The Labute approximate surface area is 132 Å². The van der Waals surface area contributed by atoms with Crippen LogP contribution in [0.1, 0.15) is 6.92 Å². The van der Waals surface area contributed by atoms with Gasteiger partial charge in [-0.15, -0.1) is 0 Å². The molecule has 0 bridgehead atoms. The van der Waals surface area contributed by atoms with Gasteiger partial charge >= 0.3 is 0 Å². The molecule has 5 heteroatoms. The van der Waals surface area contributed by atoms with Crippen molar-refractivity contribution in [1.82, 2.24) is 8.52 Å². The Kier molecular flexibility index (Phi) is 4.13. The first kappa shape index (κ1) is 14.0. The average Bonchev–Trinajstić information content (AvgIpc) is 2.85. The van der Waals surface area contributed by atoms with Crippen molar-refractivity contribution < 1.29 is 0 Å². The van der Waals surface area contributed by atoms with Gasteiger partial charge in [-0.05, 0) is 54.9 Å². The van der Waals surface area contributed by atoms with Crippen molar-refractivity contribution in [3.63, 3.8) is 0 Å². The molecule has 0 aliphatic heterocycles. The Morgan fingerprint density at radius 1 is 1.00 bits per heavy atom. The topological polar surface area (TPSA) is 22.2 Å². The van der Waals surface area contributed by atoms with Crippen LogP contribution in [0.2, 0.25) is 0 Å². The van der Waals surface area contributed by atoms with E-state index in [1.807, 2.05) is 65.2 Å². The third-order valence-electron chi connectivity index (χ3n) is 3.07. The van der Waals surface area contributed by atoms with E-state index in [2.05, 4.69) is 10.9 Å². The van der Waals surface area contributed by atoms with Crippen molar-refractivity contribution in [1.29, 1.82) is 0 Å². The van der Waals surface area contributed by atoms with Crippen molar-refractivity contribution in [2.24, 2.45) is 4.99 Å². The van der Waals surface area contributed by atoms with Crippen LogP contribution < -0.4 is 4.80 Å². The first-order valence-electron chi connectivity index (χ1n) is 6.78. The summed E-state index contributed by atoms with van der Waals surface area (Å²) in [6.07, 6.45) is 0. The number of nitrogens with zero attached hydrogens (tertiary/aromatic N) is 3. The Morgan fingerprint density at radius 3 is 2.24 bits per heavy atom. The van der Waals surface area contributed by atoms with Crippen LogP contribution in [0.25, 0.3) is 5.69 Å². The Morgan fingerprint density at radius 2 is 1.62 bits per heavy atom. The molecule has 106 valence electrons. The van der Waals surface area contributed by atoms with E-state index in [9.17, 15) is 0 Å². The van der Waals surface area contributed by atoms with Crippen LogP contribution in [0.3, 0.4) is 0 Å². The van der Waals surface area contributed by atoms with Gasteiger partial charge in [0.15, 0.2) is 4.77 Å². The van der Waals surface area contributed by atoms with Crippen LogP contribution in [0, 0.1) is 4.77 Å². The molecule has 3 rings (SSSR count). The van der Waals surface area contributed by atoms with Crippen LogP contribution in [0.5, 0.6) is 0 Å². The highest BCUT2D eigenvalue weighted by atomic mass is 32.1.